The summed E-state index contributed by atoms with van der Waals surface area (Å²) in [5, 5.41) is 3.56. The molecule has 0 bridgehead atoms. The molecule has 1 aliphatic carbocycles. The van der Waals surface area contributed by atoms with Crippen LogP contribution in [0.15, 0.2) is 18.3 Å². The van der Waals surface area contributed by atoms with Gasteiger partial charge in [0.15, 0.2) is 0 Å². The Morgan fingerprint density at radius 1 is 1.30 bits per heavy atom. The highest BCUT2D eigenvalue weighted by atomic mass is 15.2. The van der Waals surface area contributed by atoms with Gasteiger partial charge in [-0.05, 0) is 64.5 Å². The Morgan fingerprint density at radius 2 is 2.10 bits per heavy atom. The third-order valence-electron chi connectivity index (χ3n) is 3.72. The second-order valence-corrected chi connectivity index (χ2v) is 5.91. The second kappa shape index (κ2) is 7.60. The molecule has 1 aromatic rings. The van der Waals surface area contributed by atoms with Crippen molar-refractivity contribution in [2.45, 2.75) is 38.8 Å². The molecule has 0 amide bonds. The number of nitrogens with zero attached hydrogens (tertiary/aromatic N) is 3. The largest absolute Gasteiger partial charge is 0.357 e. The Kier molecular flexibility index (Phi) is 5.80. The molecule has 112 valence electrons. The van der Waals surface area contributed by atoms with E-state index >= 15 is 0 Å². The van der Waals surface area contributed by atoms with Crippen LogP contribution in [0.3, 0.4) is 0 Å². The van der Waals surface area contributed by atoms with E-state index in [1.165, 1.54) is 24.8 Å². The zero-order valence-corrected chi connectivity index (χ0v) is 13.1. The maximum atomic E-state index is 4.54. The minimum atomic E-state index is 0.758. The molecule has 1 heterocycles. The summed E-state index contributed by atoms with van der Waals surface area (Å²) in [5.41, 5.74) is 1.34. The summed E-state index contributed by atoms with van der Waals surface area (Å²) in [5.74, 6) is 1.11. The molecule has 0 spiro atoms. The minimum absolute atomic E-state index is 0.758. The standard InChI is InChI=1S/C16H28N4/c1-4-20(11-5-10-19(2)3)16-12-14(8-9-17-16)13-18-15-6-7-15/h8-9,12,15,18H,4-7,10-11,13H2,1-3H3. The van der Waals surface area contributed by atoms with Gasteiger partial charge in [0.05, 0.1) is 0 Å². The van der Waals surface area contributed by atoms with Crippen molar-refractivity contribution < 1.29 is 0 Å². The van der Waals surface area contributed by atoms with Crippen LogP contribution in [0.1, 0.15) is 31.7 Å². The molecule has 1 fully saturated rings. The van der Waals surface area contributed by atoms with Crippen LogP contribution in [0, 0.1) is 0 Å². The molecule has 0 aromatic carbocycles. The van der Waals surface area contributed by atoms with Crippen LogP contribution in [-0.4, -0.2) is 49.7 Å². The van der Waals surface area contributed by atoms with Crippen molar-refractivity contribution in [2.75, 3.05) is 38.6 Å². The van der Waals surface area contributed by atoms with Gasteiger partial charge in [-0.15, -0.1) is 0 Å². The van der Waals surface area contributed by atoms with Gasteiger partial charge in [0.2, 0.25) is 0 Å². The summed E-state index contributed by atoms with van der Waals surface area (Å²) < 4.78 is 0. The molecular formula is C16H28N4. The highest BCUT2D eigenvalue weighted by molar-refractivity contribution is 5.40. The van der Waals surface area contributed by atoms with Gasteiger partial charge < -0.3 is 15.1 Å². The van der Waals surface area contributed by atoms with Crippen molar-refractivity contribution in [3.05, 3.63) is 23.9 Å². The predicted molar refractivity (Wildman–Crippen MR) is 85.2 cm³/mol. The van der Waals surface area contributed by atoms with Crippen molar-refractivity contribution in [3.63, 3.8) is 0 Å². The van der Waals surface area contributed by atoms with E-state index < -0.39 is 0 Å². The van der Waals surface area contributed by atoms with E-state index in [9.17, 15) is 0 Å². The van der Waals surface area contributed by atoms with E-state index in [2.05, 4.69) is 53.3 Å². The lowest BCUT2D eigenvalue weighted by molar-refractivity contribution is 0.400. The lowest BCUT2D eigenvalue weighted by Crippen LogP contribution is -2.28. The van der Waals surface area contributed by atoms with Crippen LogP contribution < -0.4 is 10.2 Å². The van der Waals surface area contributed by atoms with E-state index in [0.717, 1.165) is 38.0 Å². The van der Waals surface area contributed by atoms with E-state index in [4.69, 9.17) is 0 Å². The smallest absolute Gasteiger partial charge is 0.128 e. The topological polar surface area (TPSA) is 31.4 Å². The molecule has 1 N–H and O–H groups in total. The number of aromatic nitrogens is 1. The zero-order valence-electron chi connectivity index (χ0n) is 13.1. The molecule has 0 unspecified atom stereocenters. The molecule has 0 saturated heterocycles. The Balaban J connectivity index is 1.88. The maximum Gasteiger partial charge on any atom is 0.128 e. The fourth-order valence-corrected chi connectivity index (χ4v) is 2.31. The maximum absolute atomic E-state index is 4.54. The first-order valence-electron chi connectivity index (χ1n) is 7.77. The van der Waals surface area contributed by atoms with E-state index in [1.54, 1.807) is 0 Å². The second-order valence-electron chi connectivity index (χ2n) is 5.91. The molecular weight excluding hydrogens is 248 g/mol. The number of pyridine rings is 1. The van der Waals surface area contributed by atoms with Gasteiger partial charge in [0, 0.05) is 31.9 Å². The van der Waals surface area contributed by atoms with Gasteiger partial charge in [-0.1, -0.05) is 0 Å². The first kappa shape index (κ1) is 15.3. The number of hydrogen-bond acceptors (Lipinski definition) is 4. The molecule has 1 saturated carbocycles. The fraction of sp³-hybridized carbons (Fsp3) is 0.688. The molecule has 1 aromatic heterocycles. The first-order chi connectivity index (χ1) is 9.69. The van der Waals surface area contributed by atoms with Crippen LogP contribution >= 0.6 is 0 Å². The van der Waals surface area contributed by atoms with Crippen LogP contribution in [0.2, 0.25) is 0 Å². The average molecular weight is 276 g/mol. The summed E-state index contributed by atoms with van der Waals surface area (Å²) in [7, 11) is 4.25. The van der Waals surface area contributed by atoms with Crippen molar-refractivity contribution in [2.24, 2.45) is 0 Å². The predicted octanol–water partition coefficient (Wildman–Crippen LogP) is 2.11. The van der Waals surface area contributed by atoms with E-state index in [-0.39, 0.29) is 0 Å². The zero-order chi connectivity index (χ0) is 14.4. The Bertz CT molecular complexity index is 401. The SMILES string of the molecule is CCN(CCCN(C)C)c1cc(CNC2CC2)ccn1. The highest BCUT2D eigenvalue weighted by Crippen LogP contribution is 2.20. The van der Waals surface area contributed by atoms with Gasteiger partial charge >= 0.3 is 0 Å². The van der Waals surface area contributed by atoms with Crippen LogP contribution in [0.5, 0.6) is 0 Å². The van der Waals surface area contributed by atoms with Crippen LogP contribution in [0.4, 0.5) is 5.82 Å². The van der Waals surface area contributed by atoms with Gasteiger partial charge in [-0.2, -0.15) is 0 Å². The fourth-order valence-electron chi connectivity index (χ4n) is 2.31. The summed E-state index contributed by atoms with van der Waals surface area (Å²) >= 11 is 0. The Labute approximate surface area is 123 Å². The normalized spacial score (nSPS) is 14.8. The summed E-state index contributed by atoms with van der Waals surface area (Å²) in [6.45, 7) is 6.38. The van der Waals surface area contributed by atoms with Crippen molar-refractivity contribution in [1.82, 2.24) is 15.2 Å². The molecule has 20 heavy (non-hydrogen) atoms. The molecule has 4 heteroatoms. The average Bonchev–Trinajstić information content (AvgIpc) is 3.25. The lowest BCUT2D eigenvalue weighted by atomic mass is 10.2. The molecule has 1 aliphatic rings. The van der Waals surface area contributed by atoms with Crippen molar-refractivity contribution >= 4 is 5.82 Å². The highest BCUT2D eigenvalue weighted by Gasteiger charge is 2.20. The monoisotopic (exact) mass is 276 g/mol. The quantitative estimate of drug-likeness (QED) is 0.748. The van der Waals surface area contributed by atoms with Crippen LogP contribution in [-0.2, 0) is 6.54 Å². The van der Waals surface area contributed by atoms with Gasteiger partial charge in [-0.25, -0.2) is 4.98 Å². The summed E-state index contributed by atoms with van der Waals surface area (Å²) in [6.07, 6.45) is 5.79. The Hall–Kier alpha value is -1.13. The number of rotatable bonds is 9. The first-order valence-corrected chi connectivity index (χ1v) is 7.77. The van der Waals surface area contributed by atoms with E-state index in [1.807, 2.05) is 6.20 Å². The number of nitrogens with one attached hydrogen (secondary N) is 1. The molecule has 4 nitrogen and oxygen atoms in total. The number of hydrogen-bond donors (Lipinski definition) is 1. The summed E-state index contributed by atoms with van der Waals surface area (Å²) in [6, 6.07) is 5.11. The molecule has 0 radical (unpaired) electrons. The van der Waals surface area contributed by atoms with Crippen molar-refractivity contribution in [1.29, 1.82) is 0 Å². The lowest BCUT2D eigenvalue weighted by Gasteiger charge is -2.23. The molecule has 0 aliphatic heterocycles. The third-order valence-corrected chi connectivity index (χ3v) is 3.72. The van der Waals surface area contributed by atoms with Gasteiger partial charge in [-0.3, -0.25) is 0 Å². The Morgan fingerprint density at radius 3 is 2.75 bits per heavy atom. The van der Waals surface area contributed by atoms with Crippen molar-refractivity contribution in [3.8, 4) is 0 Å². The minimum Gasteiger partial charge on any atom is -0.357 e. The molecule has 2 rings (SSSR count). The van der Waals surface area contributed by atoms with Gasteiger partial charge in [0.25, 0.3) is 0 Å². The van der Waals surface area contributed by atoms with E-state index in [0.29, 0.717) is 0 Å². The molecule has 0 atom stereocenters. The number of anilines is 1. The summed E-state index contributed by atoms with van der Waals surface area (Å²) in [4.78, 5) is 9.13. The van der Waals surface area contributed by atoms with Crippen LogP contribution in [0.25, 0.3) is 0 Å². The van der Waals surface area contributed by atoms with Gasteiger partial charge in [0.1, 0.15) is 5.82 Å². The third kappa shape index (κ3) is 5.10.